The van der Waals surface area contributed by atoms with E-state index >= 15 is 0 Å². The lowest BCUT2D eigenvalue weighted by atomic mass is 9.97. The Kier molecular flexibility index (Phi) is 4.55. The van der Waals surface area contributed by atoms with Crippen molar-refractivity contribution >= 4 is 12.1 Å². The second kappa shape index (κ2) is 5.49. The number of alkyl halides is 3. The summed E-state index contributed by atoms with van der Waals surface area (Å²) in [7, 11) is 0. The highest BCUT2D eigenvalue weighted by Gasteiger charge is 2.52. The van der Waals surface area contributed by atoms with Crippen molar-refractivity contribution in [3.8, 4) is 0 Å². The SMILES string of the molecule is CC(C)(C)OC(=O)N1CCC(C(F)(F)F)C1CC(=O)O. The number of aliphatic carboxylic acids is 1. The molecule has 1 heterocycles. The second-order valence-electron chi connectivity index (χ2n) is 5.78. The number of rotatable bonds is 2. The highest BCUT2D eigenvalue weighted by atomic mass is 19.4. The molecule has 1 aliphatic rings. The minimum absolute atomic E-state index is 0.156. The number of carboxylic acid groups (broad SMARTS) is 1. The summed E-state index contributed by atoms with van der Waals surface area (Å²) in [6.07, 6.45) is -6.49. The van der Waals surface area contributed by atoms with Crippen molar-refractivity contribution in [2.75, 3.05) is 6.54 Å². The van der Waals surface area contributed by atoms with Crippen LogP contribution in [-0.4, -0.2) is 46.4 Å². The van der Waals surface area contributed by atoms with Crippen molar-refractivity contribution in [2.24, 2.45) is 5.92 Å². The Morgan fingerprint density at radius 2 is 1.85 bits per heavy atom. The van der Waals surface area contributed by atoms with Crippen LogP contribution in [0.5, 0.6) is 0 Å². The molecule has 1 N–H and O–H groups in total. The number of amides is 1. The van der Waals surface area contributed by atoms with Gasteiger partial charge in [0.15, 0.2) is 0 Å². The third kappa shape index (κ3) is 4.28. The fraction of sp³-hybridized carbons (Fsp3) is 0.833. The number of ether oxygens (including phenoxy) is 1. The average Bonchev–Trinajstić information content (AvgIpc) is 2.56. The van der Waals surface area contributed by atoms with Gasteiger partial charge in [-0.15, -0.1) is 0 Å². The summed E-state index contributed by atoms with van der Waals surface area (Å²) in [5.74, 6) is -3.20. The van der Waals surface area contributed by atoms with Crippen molar-refractivity contribution in [3.05, 3.63) is 0 Å². The van der Waals surface area contributed by atoms with Crippen molar-refractivity contribution in [1.82, 2.24) is 4.90 Å². The van der Waals surface area contributed by atoms with Gasteiger partial charge >= 0.3 is 18.2 Å². The molecule has 1 amide bonds. The fourth-order valence-corrected chi connectivity index (χ4v) is 2.21. The molecule has 5 nitrogen and oxygen atoms in total. The van der Waals surface area contributed by atoms with Crippen LogP contribution in [0.25, 0.3) is 0 Å². The summed E-state index contributed by atoms with van der Waals surface area (Å²) < 4.78 is 43.6. The van der Waals surface area contributed by atoms with E-state index in [1.54, 1.807) is 20.8 Å². The maximum atomic E-state index is 12.9. The van der Waals surface area contributed by atoms with Gasteiger partial charge in [0.2, 0.25) is 0 Å². The number of carboxylic acids is 1. The smallest absolute Gasteiger partial charge is 0.410 e. The first-order valence-corrected chi connectivity index (χ1v) is 6.20. The molecule has 2 unspecified atom stereocenters. The zero-order chi connectivity index (χ0) is 15.7. The highest BCUT2D eigenvalue weighted by molar-refractivity contribution is 5.72. The summed E-state index contributed by atoms with van der Waals surface area (Å²) in [5.41, 5.74) is -0.846. The molecule has 1 fully saturated rings. The van der Waals surface area contributed by atoms with Gasteiger partial charge in [0.25, 0.3) is 0 Å². The fourth-order valence-electron chi connectivity index (χ4n) is 2.21. The molecule has 2 atom stereocenters. The number of carbonyl (C=O) groups is 2. The van der Waals surface area contributed by atoms with Crippen LogP contribution < -0.4 is 0 Å². The van der Waals surface area contributed by atoms with Crippen LogP contribution >= 0.6 is 0 Å². The van der Waals surface area contributed by atoms with Gasteiger partial charge in [0.1, 0.15) is 5.60 Å². The third-order valence-corrected chi connectivity index (χ3v) is 2.98. The summed E-state index contributed by atoms with van der Waals surface area (Å²) in [5, 5.41) is 8.74. The van der Waals surface area contributed by atoms with Gasteiger partial charge in [-0.1, -0.05) is 0 Å². The van der Waals surface area contributed by atoms with Gasteiger partial charge in [-0.05, 0) is 27.2 Å². The molecule has 8 heteroatoms. The lowest BCUT2D eigenvalue weighted by Gasteiger charge is -2.30. The van der Waals surface area contributed by atoms with Crippen molar-refractivity contribution in [1.29, 1.82) is 0 Å². The number of halogens is 3. The molecule has 116 valence electrons. The second-order valence-corrected chi connectivity index (χ2v) is 5.78. The Balaban J connectivity index is 2.90. The molecule has 0 bridgehead atoms. The summed E-state index contributed by atoms with van der Waals surface area (Å²) >= 11 is 0. The third-order valence-electron chi connectivity index (χ3n) is 2.98. The van der Waals surface area contributed by atoms with E-state index in [1.165, 1.54) is 0 Å². The summed E-state index contributed by atoms with van der Waals surface area (Å²) in [6.45, 7) is 4.62. The molecule has 0 aromatic rings. The van der Waals surface area contributed by atoms with Crippen LogP contribution in [0.1, 0.15) is 33.6 Å². The number of hydrogen-bond acceptors (Lipinski definition) is 3. The van der Waals surface area contributed by atoms with Gasteiger partial charge in [0.05, 0.1) is 18.4 Å². The Hall–Kier alpha value is -1.47. The molecular weight excluding hydrogens is 279 g/mol. The minimum Gasteiger partial charge on any atom is -0.481 e. The Bertz CT molecular complexity index is 389. The zero-order valence-corrected chi connectivity index (χ0v) is 11.5. The lowest BCUT2D eigenvalue weighted by Crippen LogP contribution is -2.45. The molecule has 0 saturated carbocycles. The van der Waals surface area contributed by atoms with Crippen LogP contribution in [0.2, 0.25) is 0 Å². The van der Waals surface area contributed by atoms with Crippen LogP contribution in [0.4, 0.5) is 18.0 Å². The monoisotopic (exact) mass is 297 g/mol. The number of hydrogen-bond donors (Lipinski definition) is 1. The van der Waals surface area contributed by atoms with Gasteiger partial charge in [0, 0.05) is 6.54 Å². The molecule has 0 aliphatic carbocycles. The van der Waals surface area contributed by atoms with E-state index in [9.17, 15) is 22.8 Å². The van der Waals surface area contributed by atoms with E-state index in [0.717, 1.165) is 4.90 Å². The largest absolute Gasteiger partial charge is 0.481 e. The topological polar surface area (TPSA) is 66.8 Å². The molecular formula is C12H18F3NO4. The summed E-state index contributed by atoms with van der Waals surface area (Å²) in [4.78, 5) is 23.5. The van der Waals surface area contributed by atoms with Crippen LogP contribution in [0.15, 0.2) is 0 Å². The molecule has 0 aromatic heterocycles. The molecule has 1 saturated heterocycles. The maximum absolute atomic E-state index is 12.9. The van der Waals surface area contributed by atoms with E-state index in [0.29, 0.717) is 0 Å². The Morgan fingerprint density at radius 1 is 1.30 bits per heavy atom. The van der Waals surface area contributed by atoms with Crippen LogP contribution in [0, 0.1) is 5.92 Å². The molecule has 0 radical (unpaired) electrons. The first-order chi connectivity index (χ1) is 8.92. The standard InChI is InChI=1S/C12H18F3NO4/c1-11(2,3)20-10(19)16-5-4-7(12(13,14)15)8(16)6-9(17)18/h7-8H,4-6H2,1-3H3,(H,17,18). The van der Waals surface area contributed by atoms with E-state index in [1.807, 2.05) is 0 Å². The normalized spacial score (nSPS) is 23.8. The van der Waals surface area contributed by atoms with E-state index in [-0.39, 0.29) is 13.0 Å². The average molecular weight is 297 g/mol. The van der Waals surface area contributed by atoms with Gasteiger partial charge in [-0.3, -0.25) is 4.79 Å². The quantitative estimate of drug-likeness (QED) is 0.851. The van der Waals surface area contributed by atoms with E-state index < -0.39 is 42.2 Å². The summed E-state index contributed by atoms with van der Waals surface area (Å²) in [6, 6.07) is -1.41. The van der Waals surface area contributed by atoms with Crippen LogP contribution in [-0.2, 0) is 9.53 Å². The molecule has 20 heavy (non-hydrogen) atoms. The van der Waals surface area contributed by atoms with E-state index in [2.05, 4.69) is 0 Å². The Labute approximate surface area is 114 Å². The highest BCUT2D eigenvalue weighted by Crippen LogP contribution is 2.40. The van der Waals surface area contributed by atoms with Gasteiger partial charge in [-0.25, -0.2) is 4.79 Å². The Morgan fingerprint density at radius 3 is 2.25 bits per heavy atom. The molecule has 0 spiro atoms. The zero-order valence-electron chi connectivity index (χ0n) is 11.5. The number of nitrogens with zero attached hydrogens (tertiary/aromatic N) is 1. The molecule has 1 rings (SSSR count). The van der Waals surface area contributed by atoms with Crippen molar-refractivity contribution in [2.45, 2.75) is 51.4 Å². The first kappa shape index (κ1) is 16.6. The van der Waals surface area contributed by atoms with Crippen molar-refractivity contribution in [3.63, 3.8) is 0 Å². The van der Waals surface area contributed by atoms with Crippen LogP contribution in [0.3, 0.4) is 0 Å². The van der Waals surface area contributed by atoms with Gasteiger partial charge < -0.3 is 14.7 Å². The lowest BCUT2D eigenvalue weighted by molar-refractivity contribution is -0.181. The van der Waals surface area contributed by atoms with Gasteiger partial charge in [-0.2, -0.15) is 13.2 Å². The molecule has 1 aliphatic heterocycles. The molecule has 0 aromatic carbocycles. The number of carbonyl (C=O) groups excluding carboxylic acids is 1. The number of likely N-dealkylation sites (tertiary alicyclic amines) is 1. The first-order valence-electron chi connectivity index (χ1n) is 6.20. The predicted molar refractivity (Wildman–Crippen MR) is 63.1 cm³/mol. The minimum atomic E-state index is -4.53. The van der Waals surface area contributed by atoms with Crippen molar-refractivity contribution < 1.29 is 32.6 Å². The maximum Gasteiger partial charge on any atom is 0.410 e. The predicted octanol–water partition coefficient (Wildman–Crippen LogP) is 2.65. The van der Waals surface area contributed by atoms with E-state index in [4.69, 9.17) is 9.84 Å².